The Bertz CT molecular complexity index is 4940. The number of para-hydroxylation sites is 2. The third-order valence-electron chi connectivity index (χ3n) is 15.8. The summed E-state index contributed by atoms with van der Waals surface area (Å²) in [6.45, 7) is 0. The molecule has 0 unspecified atom stereocenters. The second kappa shape index (κ2) is 18.1. The van der Waals surface area contributed by atoms with Crippen LogP contribution in [-0.4, -0.2) is 39.0 Å². The second-order valence-electron chi connectivity index (χ2n) is 20.7. The van der Waals surface area contributed by atoms with Crippen LogP contribution in [-0.2, 0) is 0 Å². The highest BCUT2D eigenvalue weighted by molar-refractivity contribution is 6.19. The molecule has 0 radical (unpaired) electrons. The maximum Gasteiger partial charge on any atom is 0.164 e. The molecule has 17 aromatic rings. The topological polar surface area (TPSA) is 113 Å². The largest absolute Gasteiger partial charge is 0.456 e. The minimum Gasteiger partial charge on any atom is -0.456 e. The van der Waals surface area contributed by atoms with E-state index in [1.165, 1.54) is 0 Å². The number of benzene rings is 11. The first-order valence-corrected chi connectivity index (χ1v) is 27.2. The van der Waals surface area contributed by atoms with Gasteiger partial charge in [0, 0.05) is 87.8 Å². The van der Waals surface area contributed by atoms with Gasteiger partial charge in [0.2, 0.25) is 0 Å². The van der Waals surface area contributed by atoms with E-state index in [0.29, 0.717) is 34.9 Å². The van der Waals surface area contributed by atoms with Crippen molar-refractivity contribution in [3.05, 3.63) is 255 Å². The summed E-state index contributed by atoms with van der Waals surface area (Å²) >= 11 is 0. The lowest BCUT2D eigenvalue weighted by atomic mass is 10.1. The van der Waals surface area contributed by atoms with Crippen molar-refractivity contribution in [3.8, 4) is 79.7 Å². The van der Waals surface area contributed by atoms with Crippen molar-refractivity contribution >= 4 is 87.5 Å². The summed E-state index contributed by atoms with van der Waals surface area (Å²) in [6.07, 6.45) is 0. The van der Waals surface area contributed by atoms with E-state index in [1.54, 1.807) is 0 Å². The monoisotopic (exact) mass is 1050 g/mol. The SMILES string of the molecule is c1ccc(-c2nc(-c3ccccc3)nc(-c3ccc4oc5ccc(-n6c7ccccc7c7cc8c(cc76)c6ccccc6n8-c6ccc7oc8ccc(-c9nc(-c%10ccccc%10)nc(-c%10ccccc%10)n9)cc8c7c6)cc5c4c3)n2)cc1. The lowest BCUT2D eigenvalue weighted by Crippen LogP contribution is -2.00. The van der Waals surface area contributed by atoms with Gasteiger partial charge in [0.15, 0.2) is 34.9 Å². The molecule has 0 N–H and O–H groups in total. The first-order valence-electron chi connectivity index (χ1n) is 27.2. The molecule has 10 heteroatoms. The van der Waals surface area contributed by atoms with Gasteiger partial charge in [0.25, 0.3) is 0 Å². The molecule has 6 heterocycles. The molecule has 0 amide bonds. The summed E-state index contributed by atoms with van der Waals surface area (Å²) in [4.78, 5) is 30.1. The van der Waals surface area contributed by atoms with Crippen molar-refractivity contribution in [2.75, 3.05) is 0 Å². The highest BCUT2D eigenvalue weighted by Gasteiger charge is 2.22. The van der Waals surface area contributed by atoms with Gasteiger partial charge in [-0.05, 0) is 97.1 Å². The van der Waals surface area contributed by atoms with E-state index in [0.717, 1.165) is 132 Å². The first kappa shape index (κ1) is 45.6. The van der Waals surface area contributed by atoms with Crippen molar-refractivity contribution in [1.82, 2.24) is 39.0 Å². The van der Waals surface area contributed by atoms with Crippen LogP contribution in [0.15, 0.2) is 264 Å². The highest BCUT2D eigenvalue weighted by atomic mass is 16.3. The molecule has 0 saturated heterocycles. The van der Waals surface area contributed by atoms with E-state index in [-0.39, 0.29) is 0 Å². The van der Waals surface area contributed by atoms with Gasteiger partial charge in [0.1, 0.15) is 22.3 Å². The van der Waals surface area contributed by atoms with Crippen molar-refractivity contribution < 1.29 is 8.83 Å². The Kier molecular flexibility index (Phi) is 10.1. The standard InChI is InChI=1S/C72H42N8O2/c1-5-17-43(18-6-1)67-73-68(44-19-7-2-8-20-44)76-71(75-67)47-29-33-63-55(37-47)57-39-49(31-35-65(57)81-63)79-59-27-15-13-25-51(59)53-42-62-54(41-61(53)79)52-26-14-16-28-60(52)80(62)50-32-36-66-58(40-50)56-38-48(30-34-64(56)82-66)72-77-69(45-21-9-3-10-22-45)74-70(78-72)46-23-11-4-12-24-46/h1-42H. The molecule has 0 atom stereocenters. The zero-order chi connectivity index (χ0) is 53.8. The Morgan fingerprint density at radius 3 is 0.854 bits per heavy atom. The summed E-state index contributed by atoms with van der Waals surface area (Å²) in [6, 6.07) is 87.8. The van der Waals surface area contributed by atoms with E-state index in [1.807, 2.05) is 146 Å². The minimum absolute atomic E-state index is 0.588. The second-order valence-corrected chi connectivity index (χ2v) is 20.7. The average molecular weight is 1050 g/mol. The molecule has 11 aromatic carbocycles. The Labute approximate surface area is 467 Å². The molecule has 17 rings (SSSR count). The summed E-state index contributed by atoms with van der Waals surface area (Å²) in [5, 5.41) is 8.54. The molecular formula is C72H42N8O2. The molecule has 0 aliphatic rings. The van der Waals surface area contributed by atoms with Gasteiger partial charge >= 0.3 is 0 Å². The third kappa shape index (κ3) is 7.35. The van der Waals surface area contributed by atoms with E-state index in [4.69, 9.17) is 38.7 Å². The predicted octanol–water partition coefficient (Wildman–Crippen LogP) is 18.1. The third-order valence-corrected chi connectivity index (χ3v) is 15.8. The van der Waals surface area contributed by atoms with Gasteiger partial charge in [-0.25, -0.2) is 29.9 Å². The van der Waals surface area contributed by atoms with Crippen LogP contribution in [0.3, 0.4) is 0 Å². The van der Waals surface area contributed by atoms with Crippen LogP contribution < -0.4 is 0 Å². The van der Waals surface area contributed by atoms with Gasteiger partial charge in [-0.2, -0.15) is 0 Å². The molecule has 6 aromatic heterocycles. The Morgan fingerprint density at radius 2 is 0.500 bits per heavy atom. The van der Waals surface area contributed by atoms with Crippen molar-refractivity contribution in [3.63, 3.8) is 0 Å². The molecule has 0 fully saturated rings. The fraction of sp³-hybridized carbons (Fsp3) is 0. The number of hydrogen-bond acceptors (Lipinski definition) is 8. The lowest BCUT2D eigenvalue weighted by Gasteiger charge is -2.10. The van der Waals surface area contributed by atoms with E-state index in [9.17, 15) is 0 Å². The number of aromatic nitrogens is 8. The van der Waals surface area contributed by atoms with Crippen LogP contribution in [0, 0.1) is 0 Å². The average Bonchev–Trinajstić information content (AvgIpc) is 4.49. The number of fused-ring (bicyclic) bond motifs is 12. The van der Waals surface area contributed by atoms with E-state index >= 15 is 0 Å². The summed E-state index contributed by atoms with van der Waals surface area (Å²) in [5.41, 5.74) is 15.0. The minimum atomic E-state index is 0.588. The lowest BCUT2D eigenvalue weighted by molar-refractivity contribution is 0.668. The summed E-state index contributed by atoms with van der Waals surface area (Å²) in [5.74, 6) is 3.63. The molecule has 0 aliphatic carbocycles. The molecule has 0 bridgehead atoms. The van der Waals surface area contributed by atoms with Gasteiger partial charge in [-0.3, -0.25) is 0 Å². The smallest absolute Gasteiger partial charge is 0.164 e. The van der Waals surface area contributed by atoms with Crippen LogP contribution >= 0.6 is 0 Å². The number of furan rings is 2. The number of rotatable bonds is 8. The Morgan fingerprint density at radius 1 is 0.207 bits per heavy atom. The van der Waals surface area contributed by atoms with E-state index < -0.39 is 0 Å². The van der Waals surface area contributed by atoms with Crippen LogP contribution in [0.25, 0.3) is 167 Å². The molecule has 0 aliphatic heterocycles. The van der Waals surface area contributed by atoms with Crippen LogP contribution in [0.1, 0.15) is 0 Å². The zero-order valence-electron chi connectivity index (χ0n) is 43.6. The van der Waals surface area contributed by atoms with Crippen molar-refractivity contribution in [1.29, 1.82) is 0 Å². The van der Waals surface area contributed by atoms with Crippen molar-refractivity contribution in [2.24, 2.45) is 0 Å². The van der Waals surface area contributed by atoms with Gasteiger partial charge in [-0.1, -0.05) is 158 Å². The molecule has 0 saturated carbocycles. The predicted molar refractivity (Wildman–Crippen MR) is 329 cm³/mol. The molecule has 382 valence electrons. The number of hydrogen-bond donors (Lipinski definition) is 0. The fourth-order valence-corrected chi connectivity index (χ4v) is 11.9. The van der Waals surface area contributed by atoms with E-state index in [2.05, 4.69) is 118 Å². The number of nitrogens with zero attached hydrogens (tertiary/aromatic N) is 8. The van der Waals surface area contributed by atoms with Crippen LogP contribution in [0.5, 0.6) is 0 Å². The summed E-state index contributed by atoms with van der Waals surface area (Å²) in [7, 11) is 0. The fourth-order valence-electron chi connectivity index (χ4n) is 11.9. The highest BCUT2D eigenvalue weighted by Crippen LogP contribution is 2.43. The maximum atomic E-state index is 6.56. The molecule has 10 nitrogen and oxygen atoms in total. The maximum absolute atomic E-state index is 6.56. The summed E-state index contributed by atoms with van der Waals surface area (Å²) < 4.78 is 17.9. The Balaban J connectivity index is 0.806. The normalized spacial score (nSPS) is 11.9. The molecule has 82 heavy (non-hydrogen) atoms. The quantitative estimate of drug-likeness (QED) is 0.148. The van der Waals surface area contributed by atoms with Gasteiger partial charge in [-0.15, -0.1) is 0 Å². The van der Waals surface area contributed by atoms with Gasteiger partial charge < -0.3 is 18.0 Å². The van der Waals surface area contributed by atoms with Crippen LogP contribution in [0.4, 0.5) is 0 Å². The molecular weight excluding hydrogens is 1010 g/mol. The first-order chi connectivity index (χ1) is 40.6. The Hall–Kier alpha value is -11.4. The molecule has 0 spiro atoms. The van der Waals surface area contributed by atoms with Gasteiger partial charge in [0.05, 0.1) is 22.1 Å². The zero-order valence-corrected chi connectivity index (χ0v) is 43.6. The van der Waals surface area contributed by atoms with Crippen LogP contribution in [0.2, 0.25) is 0 Å². The van der Waals surface area contributed by atoms with Crippen molar-refractivity contribution in [2.45, 2.75) is 0 Å².